The third-order valence-corrected chi connectivity index (χ3v) is 6.48. The van der Waals surface area contributed by atoms with Gasteiger partial charge < -0.3 is 19.3 Å². The van der Waals surface area contributed by atoms with Crippen LogP contribution in [0.25, 0.3) is 11.3 Å². The molecule has 1 aromatic heterocycles. The first-order valence-corrected chi connectivity index (χ1v) is 11.0. The summed E-state index contributed by atoms with van der Waals surface area (Å²) < 4.78 is 11.8. The Labute approximate surface area is 193 Å². The number of piperazine rings is 1. The van der Waals surface area contributed by atoms with Crippen molar-refractivity contribution in [3.63, 3.8) is 0 Å². The molecule has 1 atom stereocenters. The van der Waals surface area contributed by atoms with Gasteiger partial charge in [-0.3, -0.25) is 4.90 Å². The van der Waals surface area contributed by atoms with E-state index in [0.29, 0.717) is 51.6 Å². The Morgan fingerprint density at radius 3 is 2.84 bits per heavy atom. The van der Waals surface area contributed by atoms with Gasteiger partial charge in [-0.25, -0.2) is 4.98 Å². The fourth-order valence-electron chi connectivity index (χ4n) is 4.17. The summed E-state index contributed by atoms with van der Waals surface area (Å²) in [6.45, 7) is 6.98. The van der Waals surface area contributed by atoms with E-state index in [0.717, 1.165) is 25.2 Å². The molecule has 0 radical (unpaired) electrons. The normalized spacial score (nSPS) is 18.7. The van der Waals surface area contributed by atoms with Gasteiger partial charge in [-0.05, 0) is 31.8 Å². The molecular formula is C22H24BCl2N3O3. The number of methoxy groups -OCH3 is 1. The Balaban J connectivity index is 1.82. The first kappa shape index (κ1) is 22.3. The zero-order valence-corrected chi connectivity index (χ0v) is 19.3. The molecule has 1 fully saturated rings. The summed E-state index contributed by atoms with van der Waals surface area (Å²) in [5, 5.41) is 10.9. The van der Waals surface area contributed by atoms with Gasteiger partial charge in [0.05, 0.1) is 29.4 Å². The molecule has 0 spiro atoms. The molecule has 2 aliphatic rings. The maximum atomic E-state index is 10.0. The van der Waals surface area contributed by atoms with Gasteiger partial charge in [0.15, 0.2) is 0 Å². The minimum atomic E-state index is -0.487. The van der Waals surface area contributed by atoms with Gasteiger partial charge >= 0.3 is 7.05 Å². The minimum Gasteiger partial charge on any atom is -0.496 e. The number of nitrogens with zero attached hydrogens (tertiary/aromatic N) is 3. The van der Waals surface area contributed by atoms with Crippen LogP contribution in [0, 0.1) is 11.8 Å². The molecule has 0 bridgehead atoms. The van der Waals surface area contributed by atoms with Crippen LogP contribution in [0.4, 0.5) is 0 Å². The van der Waals surface area contributed by atoms with E-state index in [1.165, 1.54) is 0 Å². The average molecular weight is 460 g/mol. The second kappa shape index (κ2) is 9.27. The van der Waals surface area contributed by atoms with Crippen molar-refractivity contribution in [2.75, 3.05) is 33.4 Å². The lowest BCUT2D eigenvalue weighted by molar-refractivity contribution is 0.0787. The summed E-state index contributed by atoms with van der Waals surface area (Å²) in [5.74, 6) is 7.24. The van der Waals surface area contributed by atoms with Crippen LogP contribution in [-0.4, -0.2) is 66.2 Å². The lowest BCUT2D eigenvalue weighted by Gasteiger charge is -2.40. The lowest BCUT2D eigenvalue weighted by Crippen LogP contribution is -2.57. The van der Waals surface area contributed by atoms with Crippen LogP contribution < -0.4 is 9.47 Å². The van der Waals surface area contributed by atoms with Crippen molar-refractivity contribution >= 4 is 30.3 Å². The molecule has 162 valence electrons. The number of ether oxygens (including phenoxy) is 2. The van der Waals surface area contributed by atoms with Crippen LogP contribution >= 0.6 is 23.2 Å². The standard InChI is InChI=1S/C22H24BCl2N3O3/c1-4-6-17-15-12-27-9-10-28(23(2)29)11-14(27)13-31-22(15)20(25)21(26-17)19-16(24)7-5-8-18(19)30-3/h5,7-8,14,29H,9-13H2,1-3H3/t14-/m1/s1. The molecule has 0 aliphatic carbocycles. The number of hydrogen-bond donors (Lipinski definition) is 1. The van der Waals surface area contributed by atoms with Gasteiger partial charge in [0.1, 0.15) is 28.8 Å². The number of fused-ring (bicyclic) bond motifs is 2. The minimum absolute atomic E-state index is 0.132. The fraction of sp³-hybridized carbons (Fsp3) is 0.409. The molecule has 2 aromatic rings. The first-order valence-electron chi connectivity index (χ1n) is 10.2. The van der Waals surface area contributed by atoms with Crippen molar-refractivity contribution in [3.05, 3.63) is 39.5 Å². The van der Waals surface area contributed by atoms with E-state index in [-0.39, 0.29) is 6.04 Å². The summed E-state index contributed by atoms with van der Waals surface area (Å²) in [6, 6.07) is 5.55. The number of rotatable bonds is 3. The average Bonchev–Trinajstić information content (AvgIpc) is 2.95. The quantitative estimate of drug-likeness (QED) is 0.560. The van der Waals surface area contributed by atoms with Gasteiger partial charge in [-0.2, -0.15) is 0 Å². The van der Waals surface area contributed by atoms with Crippen molar-refractivity contribution < 1.29 is 14.5 Å². The van der Waals surface area contributed by atoms with E-state index < -0.39 is 7.05 Å². The number of halogens is 2. The molecule has 4 rings (SSSR count). The third kappa shape index (κ3) is 4.24. The van der Waals surface area contributed by atoms with Crippen molar-refractivity contribution in [1.82, 2.24) is 14.7 Å². The van der Waals surface area contributed by atoms with E-state index in [9.17, 15) is 5.02 Å². The van der Waals surface area contributed by atoms with E-state index >= 15 is 0 Å². The van der Waals surface area contributed by atoms with Gasteiger partial charge in [-0.1, -0.05) is 35.2 Å². The highest BCUT2D eigenvalue weighted by atomic mass is 35.5. The van der Waals surface area contributed by atoms with Crippen LogP contribution in [0.5, 0.6) is 11.5 Å². The molecule has 1 N–H and O–H groups in total. The molecule has 3 heterocycles. The first-order chi connectivity index (χ1) is 14.9. The van der Waals surface area contributed by atoms with Crippen LogP contribution in [0.2, 0.25) is 16.9 Å². The summed E-state index contributed by atoms with van der Waals surface area (Å²) in [5.41, 5.74) is 2.61. The Morgan fingerprint density at radius 1 is 1.32 bits per heavy atom. The smallest absolute Gasteiger partial charge is 0.376 e. The van der Waals surface area contributed by atoms with Gasteiger partial charge in [0.2, 0.25) is 0 Å². The van der Waals surface area contributed by atoms with Gasteiger partial charge in [0.25, 0.3) is 0 Å². The summed E-state index contributed by atoms with van der Waals surface area (Å²) in [4.78, 5) is 9.21. The second-order valence-electron chi connectivity index (χ2n) is 7.68. The molecule has 1 aromatic carbocycles. The molecule has 31 heavy (non-hydrogen) atoms. The Kier molecular flexibility index (Phi) is 6.66. The summed E-state index contributed by atoms with van der Waals surface area (Å²) in [7, 11) is 1.10. The highest BCUT2D eigenvalue weighted by Gasteiger charge is 2.35. The van der Waals surface area contributed by atoms with E-state index in [4.69, 9.17) is 37.7 Å². The predicted octanol–water partition coefficient (Wildman–Crippen LogP) is 3.42. The summed E-state index contributed by atoms with van der Waals surface area (Å²) >= 11 is 13.4. The topological polar surface area (TPSA) is 58.1 Å². The number of aromatic nitrogens is 1. The maximum absolute atomic E-state index is 10.0. The molecular weight excluding hydrogens is 436 g/mol. The fourth-order valence-corrected chi connectivity index (χ4v) is 4.73. The van der Waals surface area contributed by atoms with E-state index in [1.807, 2.05) is 16.9 Å². The predicted molar refractivity (Wildman–Crippen MR) is 124 cm³/mol. The van der Waals surface area contributed by atoms with Crippen molar-refractivity contribution in [2.24, 2.45) is 0 Å². The maximum Gasteiger partial charge on any atom is 0.376 e. The molecule has 2 aliphatic heterocycles. The Hall–Kier alpha value is -1.95. The lowest BCUT2D eigenvalue weighted by atomic mass is 9.83. The summed E-state index contributed by atoms with van der Waals surface area (Å²) in [6.07, 6.45) is 0. The van der Waals surface area contributed by atoms with Crippen LogP contribution in [0.15, 0.2) is 18.2 Å². The van der Waals surface area contributed by atoms with Gasteiger partial charge in [-0.15, -0.1) is 0 Å². The zero-order chi connectivity index (χ0) is 22.1. The number of pyridine rings is 1. The SMILES string of the molecule is CC#Cc1nc(-c2c(Cl)cccc2OC)c(Cl)c2c1CN1CCN(B(C)O)C[C@@H]1CO2. The van der Waals surface area contributed by atoms with Crippen LogP contribution in [-0.2, 0) is 6.54 Å². The number of benzene rings is 1. The van der Waals surface area contributed by atoms with Crippen LogP contribution in [0.3, 0.4) is 0 Å². The molecule has 0 saturated carbocycles. The Bertz CT molecular complexity index is 1050. The molecule has 0 amide bonds. The highest BCUT2D eigenvalue weighted by Crippen LogP contribution is 2.45. The van der Waals surface area contributed by atoms with Crippen LogP contribution in [0.1, 0.15) is 18.2 Å². The van der Waals surface area contributed by atoms with Crippen molar-refractivity contribution in [1.29, 1.82) is 0 Å². The number of hydrogen-bond acceptors (Lipinski definition) is 6. The monoisotopic (exact) mass is 459 g/mol. The van der Waals surface area contributed by atoms with E-state index in [1.54, 1.807) is 26.9 Å². The van der Waals surface area contributed by atoms with Gasteiger partial charge in [0, 0.05) is 31.7 Å². The van der Waals surface area contributed by atoms with Crippen molar-refractivity contribution in [2.45, 2.75) is 26.3 Å². The zero-order valence-electron chi connectivity index (χ0n) is 17.8. The highest BCUT2D eigenvalue weighted by molar-refractivity contribution is 6.45. The third-order valence-electron chi connectivity index (χ3n) is 5.81. The molecule has 9 heteroatoms. The molecule has 6 nitrogen and oxygen atoms in total. The molecule has 0 unspecified atom stereocenters. The second-order valence-corrected chi connectivity index (χ2v) is 8.47. The van der Waals surface area contributed by atoms with Crippen molar-refractivity contribution in [3.8, 4) is 34.6 Å². The molecule has 1 saturated heterocycles. The van der Waals surface area contributed by atoms with E-state index in [2.05, 4.69) is 16.7 Å². The largest absolute Gasteiger partial charge is 0.496 e. The Morgan fingerprint density at radius 2 is 2.13 bits per heavy atom.